The van der Waals surface area contributed by atoms with Gasteiger partial charge in [0.1, 0.15) is 6.10 Å². The molecule has 2 aromatic rings. The molecular weight excluding hydrogens is 226 g/mol. The summed E-state index contributed by atoms with van der Waals surface area (Å²) in [6.45, 7) is 0.724. The van der Waals surface area contributed by atoms with E-state index in [0.29, 0.717) is 0 Å². The molecule has 1 aliphatic heterocycles. The maximum absolute atomic E-state index is 6.30. The van der Waals surface area contributed by atoms with Gasteiger partial charge in [0.25, 0.3) is 0 Å². The summed E-state index contributed by atoms with van der Waals surface area (Å²) in [7, 11) is 1.89. The number of hydrogen-bond donors (Lipinski definition) is 1. The van der Waals surface area contributed by atoms with E-state index in [9.17, 15) is 0 Å². The Kier molecular flexibility index (Phi) is 2.89. The van der Waals surface area contributed by atoms with Crippen molar-refractivity contribution in [1.29, 1.82) is 0 Å². The molecule has 2 unspecified atom stereocenters. The molecule has 0 aliphatic carbocycles. The fourth-order valence-corrected chi connectivity index (χ4v) is 2.49. The zero-order valence-electron chi connectivity index (χ0n) is 10.4. The maximum Gasteiger partial charge on any atom is 0.104 e. The zero-order chi connectivity index (χ0) is 12.5. The second-order valence-electron chi connectivity index (χ2n) is 4.68. The second kappa shape index (κ2) is 4.55. The SMILES string of the molecule is Cn1ccc(C(N)C2OCCc3ccccc32)n1. The standard InChI is InChI=1S/C14H17N3O/c1-17-8-6-12(16-17)13(15)14-11-5-3-2-4-10(11)7-9-18-14/h2-6,8,13-14H,7,9,15H2,1H3. The van der Waals surface area contributed by atoms with Crippen LogP contribution in [0.2, 0.25) is 0 Å². The van der Waals surface area contributed by atoms with Gasteiger partial charge in [-0.2, -0.15) is 5.10 Å². The lowest BCUT2D eigenvalue weighted by Crippen LogP contribution is -2.27. The summed E-state index contributed by atoms with van der Waals surface area (Å²) >= 11 is 0. The number of nitrogens with two attached hydrogens (primary N) is 1. The first-order chi connectivity index (χ1) is 8.75. The molecule has 0 bridgehead atoms. The Morgan fingerprint density at radius 3 is 3.00 bits per heavy atom. The molecule has 0 amide bonds. The van der Waals surface area contributed by atoms with Gasteiger partial charge < -0.3 is 10.5 Å². The molecule has 0 saturated carbocycles. The van der Waals surface area contributed by atoms with Crippen molar-refractivity contribution in [2.45, 2.75) is 18.6 Å². The normalized spacial score (nSPS) is 20.4. The van der Waals surface area contributed by atoms with E-state index >= 15 is 0 Å². The molecule has 18 heavy (non-hydrogen) atoms. The minimum absolute atomic E-state index is 0.0927. The summed E-state index contributed by atoms with van der Waals surface area (Å²) in [5, 5.41) is 4.37. The Balaban J connectivity index is 1.94. The van der Waals surface area contributed by atoms with Crippen LogP contribution in [-0.2, 0) is 18.2 Å². The van der Waals surface area contributed by atoms with Crippen molar-refractivity contribution in [2.24, 2.45) is 12.8 Å². The van der Waals surface area contributed by atoms with E-state index in [4.69, 9.17) is 10.5 Å². The average molecular weight is 243 g/mol. The van der Waals surface area contributed by atoms with Crippen LogP contribution in [0.4, 0.5) is 0 Å². The second-order valence-corrected chi connectivity index (χ2v) is 4.68. The number of rotatable bonds is 2. The summed E-state index contributed by atoms with van der Waals surface area (Å²) in [5.41, 5.74) is 9.70. The molecular formula is C14H17N3O. The zero-order valence-corrected chi connectivity index (χ0v) is 10.4. The molecule has 2 N–H and O–H groups in total. The number of aromatic nitrogens is 2. The summed E-state index contributed by atoms with van der Waals surface area (Å²) < 4.78 is 7.62. The largest absolute Gasteiger partial charge is 0.371 e. The van der Waals surface area contributed by atoms with Crippen LogP contribution >= 0.6 is 0 Å². The van der Waals surface area contributed by atoms with Crippen molar-refractivity contribution < 1.29 is 4.74 Å². The fraction of sp³-hybridized carbons (Fsp3) is 0.357. The van der Waals surface area contributed by atoms with Gasteiger partial charge in [-0.3, -0.25) is 4.68 Å². The topological polar surface area (TPSA) is 53.1 Å². The van der Waals surface area contributed by atoms with Gasteiger partial charge in [0, 0.05) is 13.2 Å². The first-order valence-corrected chi connectivity index (χ1v) is 6.20. The van der Waals surface area contributed by atoms with Crippen molar-refractivity contribution >= 4 is 0 Å². The molecule has 1 aromatic carbocycles. The molecule has 2 atom stereocenters. The van der Waals surface area contributed by atoms with E-state index < -0.39 is 0 Å². The van der Waals surface area contributed by atoms with Crippen LogP contribution in [0.25, 0.3) is 0 Å². The van der Waals surface area contributed by atoms with Crippen LogP contribution in [0.1, 0.15) is 29.0 Å². The smallest absolute Gasteiger partial charge is 0.104 e. The van der Waals surface area contributed by atoms with Crippen molar-refractivity contribution in [3.63, 3.8) is 0 Å². The van der Waals surface area contributed by atoms with Crippen molar-refractivity contribution in [2.75, 3.05) is 6.61 Å². The molecule has 0 fully saturated rings. The van der Waals surface area contributed by atoms with Gasteiger partial charge in [-0.15, -0.1) is 0 Å². The monoisotopic (exact) mass is 243 g/mol. The van der Waals surface area contributed by atoms with Gasteiger partial charge in [-0.1, -0.05) is 24.3 Å². The van der Waals surface area contributed by atoms with Crippen LogP contribution in [0.15, 0.2) is 36.5 Å². The van der Waals surface area contributed by atoms with E-state index in [1.807, 2.05) is 25.4 Å². The lowest BCUT2D eigenvalue weighted by atomic mass is 9.92. The molecule has 4 nitrogen and oxygen atoms in total. The van der Waals surface area contributed by atoms with E-state index in [-0.39, 0.29) is 12.1 Å². The van der Waals surface area contributed by atoms with Crippen LogP contribution in [-0.4, -0.2) is 16.4 Å². The fourth-order valence-electron chi connectivity index (χ4n) is 2.49. The molecule has 0 spiro atoms. The van der Waals surface area contributed by atoms with Crippen molar-refractivity contribution in [3.05, 3.63) is 53.3 Å². The van der Waals surface area contributed by atoms with E-state index in [1.165, 1.54) is 11.1 Å². The van der Waals surface area contributed by atoms with Crippen LogP contribution in [0, 0.1) is 0 Å². The van der Waals surface area contributed by atoms with Gasteiger partial charge in [0.05, 0.1) is 18.3 Å². The number of benzene rings is 1. The Bertz CT molecular complexity index is 549. The molecule has 1 aliphatic rings. The molecule has 0 radical (unpaired) electrons. The summed E-state index contributed by atoms with van der Waals surface area (Å²) in [5.74, 6) is 0. The maximum atomic E-state index is 6.30. The summed E-state index contributed by atoms with van der Waals surface area (Å²) in [6.07, 6.45) is 2.77. The molecule has 2 heterocycles. The molecule has 1 aromatic heterocycles. The lowest BCUT2D eigenvalue weighted by molar-refractivity contribution is 0.0231. The van der Waals surface area contributed by atoms with E-state index in [1.54, 1.807) is 4.68 Å². The Labute approximate surface area is 106 Å². The van der Waals surface area contributed by atoms with Crippen LogP contribution in [0.5, 0.6) is 0 Å². The highest BCUT2D eigenvalue weighted by molar-refractivity contribution is 5.33. The highest BCUT2D eigenvalue weighted by Gasteiger charge is 2.28. The molecule has 4 heteroatoms. The van der Waals surface area contributed by atoms with E-state index in [0.717, 1.165) is 18.7 Å². The van der Waals surface area contributed by atoms with Crippen LogP contribution < -0.4 is 5.73 Å². The van der Waals surface area contributed by atoms with Crippen LogP contribution in [0.3, 0.4) is 0 Å². The third-order valence-corrected chi connectivity index (χ3v) is 3.43. The predicted molar refractivity (Wildman–Crippen MR) is 69.0 cm³/mol. The minimum Gasteiger partial charge on any atom is -0.371 e. The highest BCUT2D eigenvalue weighted by Crippen LogP contribution is 2.34. The number of fused-ring (bicyclic) bond motifs is 1. The minimum atomic E-state index is -0.215. The third kappa shape index (κ3) is 1.94. The average Bonchev–Trinajstić information content (AvgIpc) is 2.84. The van der Waals surface area contributed by atoms with Gasteiger partial charge >= 0.3 is 0 Å². The number of ether oxygens (including phenoxy) is 1. The molecule has 3 rings (SSSR count). The van der Waals surface area contributed by atoms with Gasteiger partial charge in [-0.25, -0.2) is 0 Å². The molecule has 94 valence electrons. The number of hydrogen-bond acceptors (Lipinski definition) is 3. The lowest BCUT2D eigenvalue weighted by Gasteiger charge is -2.29. The molecule has 0 saturated heterocycles. The summed E-state index contributed by atoms with van der Waals surface area (Å²) in [4.78, 5) is 0. The van der Waals surface area contributed by atoms with Gasteiger partial charge in [0.15, 0.2) is 0 Å². The number of aryl methyl sites for hydroxylation is 1. The highest BCUT2D eigenvalue weighted by atomic mass is 16.5. The predicted octanol–water partition coefficient (Wildman–Crippen LogP) is 1.73. The van der Waals surface area contributed by atoms with Gasteiger partial charge in [-0.05, 0) is 23.6 Å². The Morgan fingerprint density at radius 1 is 1.39 bits per heavy atom. The first-order valence-electron chi connectivity index (χ1n) is 6.20. The Hall–Kier alpha value is -1.65. The van der Waals surface area contributed by atoms with E-state index in [2.05, 4.69) is 23.3 Å². The third-order valence-electron chi connectivity index (χ3n) is 3.43. The summed E-state index contributed by atoms with van der Waals surface area (Å²) in [6, 6.07) is 10.1. The quantitative estimate of drug-likeness (QED) is 0.874. The Morgan fingerprint density at radius 2 is 2.22 bits per heavy atom. The van der Waals surface area contributed by atoms with Gasteiger partial charge in [0.2, 0.25) is 0 Å². The van der Waals surface area contributed by atoms with Crippen molar-refractivity contribution in [3.8, 4) is 0 Å². The van der Waals surface area contributed by atoms with Crippen molar-refractivity contribution in [1.82, 2.24) is 9.78 Å². The number of nitrogens with zero attached hydrogens (tertiary/aromatic N) is 2. The first kappa shape index (κ1) is 11.4.